The number of hydrogen-bond acceptors (Lipinski definition) is 6. The van der Waals surface area contributed by atoms with Crippen molar-refractivity contribution in [3.8, 4) is 0 Å². The van der Waals surface area contributed by atoms with Crippen LogP contribution in [-0.4, -0.2) is 60.1 Å². The molecular weight excluding hydrogens is 386 g/mol. The van der Waals surface area contributed by atoms with Crippen LogP contribution < -0.4 is 10.6 Å². The minimum absolute atomic E-state index is 0.104. The van der Waals surface area contributed by atoms with Crippen molar-refractivity contribution in [2.75, 3.05) is 25.6 Å². The molecule has 3 heterocycles. The number of methoxy groups -OCH3 is 1. The second-order valence-corrected chi connectivity index (χ2v) is 8.08. The highest BCUT2D eigenvalue weighted by atomic mass is 35.5. The topological polar surface area (TPSA) is 108 Å². The maximum atomic E-state index is 13.3. The van der Waals surface area contributed by atoms with Crippen molar-refractivity contribution < 1.29 is 24.2 Å². The second kappa shape index (κ2) is 6.52. The van der Waals surface area contributed by atoms with E-state index in [0.717, 1.165) is 10.5 Å². The molecule has 0 unspecified atom stereocenters. The number of aryl methyl sites for hydroxylation is 1. The summed E-state index contributed by atoms with van der Waals surface area (Å²) in [6, 6.07) is 2.63. The molecule has 3 amide bonds. The molecule has 0 radical (unpaired) electrons. The van der Waals surface area contributed by atoms with Gasteiger partial charge in [-0.3, -0.25) is 24.6 Å². The monoisotopic (exact) mass is 407 g/mol. The normalized spacial score (nSPS) is 32.1. The van der Waals surface area contributed by atoms with E-state index in [9.17, 15) is 19.5 Å². The number of fused-ring (bicyclic) bond motifs is 4. The molecule has 150 valence electrons. The van der Waals surface area contributed by atoms with E-state index >= 15 is 0 Å². The van der Waals surface area contributed by atoms with Gasteiger partial charge in [0.05, 0.1) is 31.1 Å². The number of aliphatic hydroxyl groups excluding tert-OH is 1. The van der Waals surface area contributed by atoms with Crippen LogP contribution in [0.4, 0.5) is 5.69 Å². The molecule has 1 aromatic rings. The molecule has 9 heteroatoms. The molecule has 2 saturated heterocycles. The number of benzene rings is 1. The van der Waals surface area contributed by atoms with Crippen LogP contribution in [-0.2, 0) is 24.7 Å². The van der Waals surface area contributed by atoms with E-state index in [1.807, 2.05) is 6.92 Å². The Balaban J connectivity index is 1.89. The standard InChI is InChI=1S/C19H22ClN3O5/c1-8-6-10(20)7-11-14(8)21-18(27)19(11)13-12(15(22-19)9(2)24)16(25)23(17(13)26)4-5-28-3/h6-7,9,12-13,15,22,24H,4-5H2,1-3H3,(H,21,27)/t9-,12+,13+,15+,19+/m1/s1. The highest BCUT2D eigenvalue weighted by molar-refractivity contribution is 6.31. The highest BCUT2D eigenvalue weighted by Crippen LogP contribution is 2.54. The fraction of sp³-hybridized carbons (Fsp3) is 0.526. The summed E-state index contributed by atoms with van der Waals surface area (Å²) in [5, 5.41) is 16.7. The van der Waals surface area contributed by atoms with Gasteiger partial charge in [-0.1, -0.05) is 11.6 Å². The minimum atomic E-state index is -1.45. The van der Waals surface area contributed by atoms with E-state index < -0.39 is 47.2 Å². The van der Waals surface area contributed by atoms with Gasteiger partial charge in [0.1, 0.15) is 5.54 Å². The number of nitrogens with one attached hydrogen (secondary N) is 2. The number of carbonyl (C=O) groups excluding carboxylic acids is 3. The van der Waals surface area contributed by atoms with Gasteiger partial charge in [-0.15, -0.1) is 0 Å². The van der Waals surface area contributed by atoms with Crippen LogP contribution in [0, 0.1) is 18.8 Å². The zero-order valence-electron chi connectivity index (χ0n) is 15.8. The van der Waals surface area contributed by atoms with Crippen LogP contribution in [0.1, 0.15) is 18.1 Å². The highest BCUT2D eigenvalue weighted by Gasteiger charge is 2.71. The number of rotatable bonds is 4. The summed E-state index contributed by atoms with van der Waals surface area (Å²) < 4.78 is 5.01. The molecule has 2 fully saturated rings. The van der Waals surface area contributed by atoms with Gasteiger partial charge in [-0.2, -0.15) is 0 Å². The largest absolute Gasteiger partial charge is 0.392 e. The summed E-state index contributed by atoms with van der Waals surface area (Å²) in [4.78, 5) is 40.7. The maximum Gasteiger partial charge on any atom is 0.250 e. The summed E-state index contributed by atoms with van der Waals surface area (Å²) in [5.74, 6) is -3.07. The Hall–Kier alpha value is -2.00. The Morgan fingerprint density at radius 1 is 1.32 bits per heavy atom. The van der Waals surface area contributed by atoms with Crippen molar-refractivity contribution in [1.29, 1.82) is 0 Å². The molecule has 0 bridgehead atoms. The number of nitrogens with zero attached hydrogens (tertiary/aromatic N) is 1. The molecule has 3 N–H and O–H groups in total. The summed E-state index contributed by atoms with van der Waals surface area (Å²) in [5.41, 5.74) is 0.434. The number of hydrogen-bond donors (Lipinski definition) is 3. The van der Waals surface area contributed by atoms with Gasteiger partial charge in [-0.25, -0.2) is 0 Å². The van der Waals surface area contributed by atoms with Gasteiger partial charge in [0.25, 0.3) is 0 Å². The first-order valence-corrected chi connectivity index (χ1v) is 9.53. The Kier molecular flexibility index (Phi) is 4.50. The van der Waals surface area contributed by atoms with Crippen molar-refractivity contribution in [2.24, 2.45) is 11.8 Å². The average Bonchev–Trinajstić information content (AvgIpc) is 3.21. The van der Waals surface area contributed by atoms with E-state index in [4.69, 9.17) is 16.3 Å². The first-order chi connectivity index (χ1) is 13.2. The lowest BCUT2D eigenvalue weighted by Crippen LogP contribution is -2.55. The van der Waals surface area contributed by atoms with Gasteiger partial charge >= 0.3 is 0 Å². The third-order valence-electron chi connectivity index (χ3n) is 6.05. The molecule has 4 rings (SSSR count). The van der Waals surface area contributed by atoms with Crippen molar-refractivity contribution >= 4 is 35.0 Å². The SMILES string of the molecule is COCCN1C(=O)[C@@H]2[C@H]([C@@H](C)O)N[C@]3(C(=O)Nc4c(C)cc(Cl)cc43)[C@@H]2C1=O. The van der Waals surface area contributed by atoms with Crippen molar-refractivity contribution in [3.63, 3.8) is 0 Å². The van der Waals surface area contributed by atoms with Crippen molar-refractivity contribution in [2.45, 2.75) is 31.5 Å². The Bertz CT molecular complexity index is 889. The van der Waals surface area contributed by atoms with Crippen molar-refractivity contribution in [3.05, 3.63) is 28.3 Å². The number of amides is 3. The maximum absolute atomic E-state index is 13.3. The molecule has 0 aromatic heterocycles. The van der Waals surface area contributed by atoms with Gasteiger partial charge in [0, 0.05) is 29.4 Å². The number of halogens is 1. The summed E-state index contributed by atoms with van der Waals surface area (Å²) in [6.45, 7) is 3.66. The van der Waals surface area contributed by atoms with Crippen LogP contribution in [0.3, 0.4) is 0 Å². The van der Waals surface area contributed by atoms with E-state index in [-0.39, 0.29) is 13.2 Å². The molecule has 3 aliphatic rings. The number of aliphatic hydroxyl groups is 1. The van der Waals surface area contributed by atoms with Gasteiger partial charge in [-0.05, 0) is 31.5 Å². The number of ether oxygens (including phenoxy) is 1. The van der Waals surface area contributed by atoms with E-state index in [0.29, 0.717) is 16.3 Å². The summed E-state index contributed by atoms with van der Waals surface area (Å²) in [6.07, 6.45) is -0.942. The van der Waals surface area contributed by atoms with Crippen LogP contribution in [0.15, 0.2) is 12.1 Å². The van der Waals surface area contributed by atoms with E-state index in [1.165, 1.54) is 7.11 Å². The Morgan fingerprint density at radius 3 is 2.68 bits per heavy atom. The zero-order chi connectivity index (χ0) is 20.4. The smallest absolute Gasteiger partial charge is 0.250 e. The second-order valence-electron chi connectivity index (χ2n) is 7.64. The fourth-order valence-corrected chi connectivity index (χ4v) is 5.11. The lowest BCUT2D eigenvalue weighted by Gasteiger charge is -2.30. The summed E-state index contributed by atoms with van der Waals surface area (Å²) in [7, 11) is 1.49. The summed E-state index contributed by atoms with van der Waals surface area (Å²) >= 11 is 6.25. The van der Waals surface area contributed by atoms with Crippen LogP contribution >= 0.6 is 11.6 Å². The number of imide groups is 1. The van der Waals surface area contributed by atoms with Crippen molar-refractivity contribution in [1.82, 2.24) is 10.2 Å². The number of anilines is 1. The zero-order valence-corrected chi connectivity index (χ0v) is 16.5. The Labute approximate surface area is 167 Å². The molecular formula is C19H22ClN3O5. The fourth-order valence-electron chi connectivity index (χ4n) is 4.84. The molecule has 0 aliphatic carbocycles. The predicted octanol–water partition coefficient (Wildman–Crippen LogP) is 0.396. The Morgan fingerprint density at radius 2 is 2.04 bits per heavy atom. The molecule has 5 atom stereocenters. The number of carbonyl (C=O) groups is 3. The van der Waals surface area contributed by atoms with Crippen LogP contribution in [0.25, 0.3) is 0 Å². The van der Waals surface area contributed by atoms with Crippen LogP contribution in [0.2, 0.25) is 5.02 Å². The first kappa shape index (κ1) is 19.3. The van der Waals surface area contributed by atoms with E-state index in [2.05, 4.69) is 10.6 Å². The van der Waals surface area contributed by atoms with Gasteiger partial charge in [0.2, 0.25) is 17.7 Å². The third kappa shape index (κ3) is 2.38. The molecule has 1 spiro atoms. The predicted molar refractivity (Wildman–Crippen MR) is 101 cm³/mol. The van der Waals surface area contributed by atoms with E-state index in [1.54, 1.807) is 19.1 Å². The quantitative estimate of drug-likeness (QED) is 0.623. The average molecular weight is 408 g/mol. The molecule has 8 nitrogen and oxygen atoms in total. The first-order valence-electron chi connectivity index (χ1n) is 9.16. The third-order valence-corrected chi connectivity index (χ3v) is 6.27. The van der Waals surface area contributed by atoms with Gasteiger partial charge in [0.15, 0.2) is 0 Å². The lowest BCUT2D eigenvalue weighted by molar-refractivity contribution is -0.143. The lowest BCUT2D eigenvalue weighted by atomic mass is 9.76. The molecule has 0 saturated carbocycles. The minimum Gasteiger partial charge on any atom is -0.392 e. The van der Waals surface area contributed by atoms with Gasteiger partial charge < -0.3 is 15.2 Å². The molecule has 28 heavy (non-hydrogen) atoms. The molecule has 1 aromatic carbocycles. The molecule has 3 aliphatic heterocycles. The van der Waals surface area contributed by atoms with Crippen LogP contribution in [0.5, 0.6) is 0 Å². The number of likely N-dealkylation sites (tertiary alicyclic amines) is 1.